The second kappa shape index (κ2) is 9.58. The van der Waals surface area contributed by atoms with Crippen LogP contribution in [-0.2, 0) is 16.0 Å². The van der Waals surface area contributed by atoms with Gasteiger partial charge < -0.3 is 4.74 Å². The molecule has 1 heterocycles. The van der Waals surface area contributed by atoms with E-state index in [1.807, 2.05) is 0 Å². The van der Waals surface area contributed by atoms with Gasteiger partial charge >= 0.3 is 18.4 Å². The molecule has 1 aliphatic rings. The van der Waals surface area contributed by atoms with Crippen LogP contribution >= 0.6 is 23.2 Å². The highest BCUT2D eigenvalue weighted by atomic mass is 35.5. The van der Waals surface area contributed by atoms with E-state index in [1.165, 1.54) is 39.0 Å². The number of carbonyl (C=O) groups is 2. The summed E-state index contributed by atoms with van der Waals surface area (Å²) >= 11 is 12.2. The number of ether oxygens (including phenoxy) is 1. The molecular weight excluding hydrogens is 549 g/mol. The third-order valence-electron chi connectivity index (χ3n) is 5.45. The van der Waals surface area contributed by atoms with E-state index in [-0.39, 0.29) is 26.2 Å². The number of amides is 2. The van der Waals surface area contributed by atoms with Gasteiger partial charge in [0.25, 0.3) is 5.91 Å². The van der Waals surface area contributed by atoms with Crippen molar-refractivity contribution in [1.29, 1.82) is 0 Å². The molecule has 0 saturated carbocycles. The summed E-state index contributed by atoms with van der Waals surface area (Å²) in [7, 11) is 0. The van der Waals surface area contributed by atoms with Crippen LogP contribution in [0, 0.1) is 5.41 Å². The summed E-state index contributed by atoms with van der Waals surface area (Å²) in [6.07, 6.45) is -13.5. The standard InChI is InChI=1S/C24H22Cl2F6N2O3/c1-21(2,3)18-33(16-10-14(25)9-15(26)11-16)19(35)22(4,34(18)20(36)23(27,28)29)12-13-5-7-17(8-6-13)37-24(30,31)32/h5-11,18H,12H2,1-4H3/t18-,22-/m1/s1/i4D3. The van der Waals surface area contributed by atoms with Gasteiger partial charge in [-0.1, -0.05) is 56.1 Å². The highest BCUT2D eigenvalue weighted by Gasteiger charge is 2.64. The molecule has 13 heteroatoms. The van der Waals surface area contributed by atoms with Crippen LogP contribution in [0.3, 0.4) is 0 Å². The number of halogens is 8. The fourth-order valence-corrected chi connectivity index (χ4v) is 4.65. The Bertz CT molecular complexity index is 1280. The zero-order valence-corrected chi connectivity index (χ0v) is 21.0. The zero-order valence-electron chi connectivity index (χ0n) is 22.5. The van der Waals surface area contributed by atoms with Crippen LogP contribution in [0.1, 0.15) is 37.3 Å². The Kier molecular flexibility index (Phi) is 6.38. The summed E-state index contributed by atoms with van der Waals surface area (Å²) in [6.45, 7) is 0.644. The van der Waals surface area contributed by atoms with Crippen molar-refractivity contribution >= 4 is 40.7 Å². The van der Waals surface area contributed by atoms with Gasteiger partial charge in [0.05, 0.1) is 0 Å². The Morgan fingerprint density at radius 3 is 2.00 bits per heavy atom. The van der Waals surface area contributed by atoms with Crippen LogP contribution in [0.15, 0.2) is 42.5 Å². The van der Waals surface area contributed by atoms with E-state index in [1.54, 1.807) is 0 Å². The smallest absolute Gasteiger partial charge is 0.406 e. The van der Waals surface area contributed by atoms with Crippen molar-refractivity contribution in [3.8, 4) is 5.75 Å². The van der Waals surface area contributed by atoms with Gasteiger partial charge in [-0.15, -0.1) is 13.2 Å². The number of rotatable bonds is 4. The molecule has 2 atom stereocenters. The van der Waals surface area contributed by atoms with Crippen LogP contribution in [0.25, 0.3) is 0 Å². The van der Waals surface area contributed by atoms with Crippen LogP contribution in [0.2, 0.25) is 10.0 Å². The first-order valence-electron chi connectivity index (χ1n) is 12.0. The molecule has 0 aromatic heterocycles. The maximum atomic E-state index is 14.2. The van der Waals surface area contributed by atoms with Crippen molar-refractivity contribution < 1.29 is 44.8 Å². The Morgan fingerprint density at radius 2 is 1.57 bits per heavy atom. The van der Waals surface area contributed by atoms with Crippen molar-refractivity contribution in [2.75, 3.05) is 4.90 Å². The molecule has 0 unspecified atom stereocenters. The van der Waals surface area contributed by atoms with Crippen LogP contribution in [0.4, 0.5) is 32.0 Å². The minimum Gasteiger partial charge on any atom is -0.406 e. The first kappa shape index (κ1) is 24.7. The van der Waals surface area contributed by atoms with E-state index in [0.29, 0.717) is 0 Å². The maximum absolute atomic E-state index is 14.2. The van der Waals surface area contributed by atoms with Gasteiger partial charge in [0.1, 0.15) is 17.5 Å². The number of hydrogen-bond acceptors (Lipinski definition) is 3. The topological polar surface area (TPSA) is 49.9 Å². The second-order valence-corrected chi connectivity index (χ2v) is 10.3. The van der Waals surface area contributed by atoms with Crippen molar-refractivity contribution in [2.45, 2.75) is 58.3 Å². The number of hydrogen-bond donors (Lipinski definition) is 0. The first-order chi connectivity index (χ1) is 18.0. The van der Waals surface area contributed by atoms with Crippen LogP contribution < -0.4 is 9.64 Å². The molecular formula is C24H22Cl2F6N2O3. The molecule has 2 amide bonds. The van der Waals surface area contributed by atoms with Gasteiger partial charge in [-0.3, -0.25) is 19.4 Å². The van der Waals surface area contributed by atoms with Gasteiger partial charge in [-0.05, 0) is 42.7 Å². The summed E-state index contributed by atoms with van der Waals surface area (Å²) in [4.78, 5) is 28.0. The highest BCUT2D eigenvalue weighted by Crippen LogP contribution is 2.46. The number of nitrogens with zero attached hydrogens (tertiary/aromatic N) is 2. The lowest BCUT2D eigenvalue weighted by Gasteiger charge is -2.42. The Morgan fingerprint density at radius 1 is 1.03 bits per heavy atom. The average molecular weight is 574 g/mol. The third-order valence-corrected chi connectivity index (χ3v) is 5.89. The van der Waals surface area contributed by atoms with E-state index >= 15 is 0 Å². The molecule has 2 aromatic carbocycles. The molecule has 2 aromatic rings. The molecule has 0 aliphatic carbocycles. The quantitative estimate of drug-likeness (QED) is 0.370. The van der Waals surface area contributed by atoms with E-state index in [0.717, 1.165) is 29.2 Å². The molecule has 202 valence electrons. The first-order valence-corrected chi connectivity index (χ1v) is 11.3. The maximum Gasteiger partial charge on any atom is 0.573 e. The lowest BCUT2D eigenvalue weighted by molar-refractivity contribution is -0.274. The number of anilines is 1. The van der Waals surface area contributed by atoms with Gasteiger partial charge in [0, 0.05) is 31.7 Å². The second-order valence-electron chi connectivity index (χ2n) is 9.44. The van der Waals surface area contributed by atoms with E-state index < -0.39 is 60.5 Å². The van der Waals surface area contributed by atoms with Crippen LogP contribution in [0.5, 0.6) is 5.75 Å². The van der Waals surface area contributed by atoms with Gasteiger partial charge in [0.2, 0.25) is 0 Å². The Hall–Kier alpha value is -2.66. The van der Waals surface area contributed by atoms with Crippen molar-refractivity contribution in [2.24, 2.45) is 5.41 Å². The molecule has 0 bridgehead atoms. The molecule has 5 nitrogen and oxygen atoms in total. The Labute approximate surface area is 223 Å². The summed E-state index contributed by atoms with van der Waals surface area (Å²) in [5.74, 6) is -4.67. The van der Waals surface area contributed by atoms with E-state index in [9.17, 15) is 35.9 Å². The fourth-order valence-electron chi connectivity index (χ4n) is 4.14. The van der Waals surface area contributed by atoms with Crippen LogP contribution in [-0.4, -0.2) is 41.0 Å². The molecule has 37 heavy (non-hydrogen) atoms. The van der Waals surface area contributed by atoms with Crippen molar-refractivity contribution in [1.82, 2.24) is 4.90 Å². The summed E-state index contributed by atoms with van der Waals surface area (Å²) in [6, 6.07) is 7.17. The van der Waals surface area contributed by atoms with Gasteiger partial charge in [0.15, 0.2) is 0 Å². The summed E-state index contributed by atoms with van der Waals surface area (Å²) in [5, 5.41) is -0.0495. The van der Waals surface area contributed by atoms with E-state index in [2.05, 4.69) is 4.74 Å². The molecule has 1 fully saturated rings. The lowest BCUT2D eigenvalue weighted by Crippen LogP contribution is -2.59. The number of alkyl halides is 6. The molecule has 0 spiro atoms. The molecule has 3 rings (SSSR count). The Balaban J connectivity index is 2.33. The minimum absolute atomic E-state index is 0.0112. The normalized spacial score (nSPS) is 22.5. The zero-order chi connectivity index (χ0) is 30.6. The van der Waals surface area contributed by atoms with Gasteiger partial charge in [-0.2, -0.15) is 13.2 Å². The SMILES string of the molecule is [2H]C([2H])([2H])[C@@]1(Cc2ccc(OC(F)(F)F)cc2)C(=O)N(c2cc(Cl)cc(Cl)c2)[C@@H](C(C)(C)C)N1C(=O)C(F)(F)F. The average Bonchev–Trinajstić information content (AvgIpc) is 3.02. The van der Waals surface area contributed by atoms with E-state index in [4.69, 9.17) is 27.3 Å². The minimum atomic E-state index is -5.60. The molecule has 0 radical (unpaired) electrons. The van der Waals surface area contributed by atoms with Crippen molar-refractivity contribution in [3.63, 3.8) is 0 Å². The number of benzene rings is 2. The largest absolute Gasteiger partial charge is 0.573 e. The predicted molar refractivity (Wildman–Crippen MR) is 125 cm³/mol. The highest BCUT2D eigenvalue weighted by molar-refractivity contribution is 6.35. The molecule has 1 saturated heterocycles. The lowest BCUT2D eigenvalue weighted by atomic mass is 9.87. The fraction of sp³-hybridized carbons (Fsp3) is 0.417. The molecule has 1 aliphatic heterocycles. The predicted octanol–water partition coefficient (Wildman–Crippen LogP) is 7.00. The summed E-state index contributed by atoms with van der Waals surface area (Å²) < 4.78 is 109. The van der Waals surface area contributed by atoms with Crippen molar-refractivity contribution in [3.05, 3.63) is 58.1 Å². The summed E-state index contributed by atoms with van der Waals surface area (Å²) in [5.41, 5.74) is -4.83. The van der Waals surface area contributed by atoms with Gasteiger partial charge in [-0.25, -0.2) is 0 Å². The monoisotopic (exact) mass is 573 g/mol. The third kappa shape index (κ3) is 6.09. The molecule has 0 N–H and O–H groups in total. The number of carbonyl (C=O) groups excluding carboxylic acids is 2.